The maximum absolute atomic E-state index is 12.5. The number of nitrogens with two attached hydrogens (primary N) is 1. The Morgan fingerprint density at radius 1 is 0.533 bits per heavy atom. The number of benzene rings is 6. The molecule has 6 aromatic heterocycles. The van der Waals surface area contributed by atoms with Gasteiger partial charge in [0.2, 0.25) is 11.9 Å². The van der Waals surface area contributed by atoms with Gasteiger partial charge in [-0.2, -0.15) is 16.8 Å². The number of non-ortho nitro benzene ring substituents is 2. The summed E-state index contributed by atoms with van der Waals surface area (Å²) in [5.41, 5.74) is 20.1. The van der Waals surface area contributed by atoms with Gasteiger partial charge in [0.15, 0.2) is 5.52 Å². The number of nitro groups is 2. The van der Waals surface area contributed by atoms with E-state index in [4.69, 9.17) is 41.1 Å². The number of H-pyrrole nitrogens is 1. The third kappa shape index (κ3) is 16.0. The van der Waals surface area contributed by atoms with Crippen LogP contribution in [0, 0.1) is 61.8 Å². The molecule has 92 heavy (non-hydrogen) atoms. The summed E-state index contributed by atoms with van der Waals surface area (Å²) in [6, 6.07) is 40.5. The average molecular weight is 1310 g/mol. The number of hydrogen-bond acceptors (Lipinski definition) is 20. The fourth-order valence-corrected chi connectivity index (χ4v) is 10.5. The fourth-order valence-electron chi connectivity index (χ4n) is 10.5. The summed E-state index contributed by atoms with van der Waals surface area (Å²) >= 11 is 2.89. The first-order chi connectivity index (χ1) is 43.7. The van der Waals surface area contributed by atoms with Crippen molar-refractivity contribution >= 4 is 124 Å². The molecule has 6 heterocycles. The molecule has 26 nitrogen and oxygen atoms in total. The number of aryl methyl sites for hydroxylation is 6. The minimum absolute atomic E-state index is 0. The van der Waals surface area contributed by atoms with Crippen LogP contribution < -0.4 is 22.1 Å². The molecule has 30 heteroatoms. The third-order valence-corrected chi connectivity index (χ3v) is 15.2. The van der Waals surface area contributed by atoms with E-state index in [1.54, 1.807) is 32.9 Å². The molecule has 468 valence electrons. The van der Waals surface area contributed by atoms with E-state index in [9.17, 15) is 25.0 Å². The van der Waals surface area contributed by atoms with Gasteiger partial charge in [-0.1, -0.05) is 114 Å². The van der Waals surface area contributed by atoms with Crippen molar-refractivity contribution in [3.63, 3.8) is 0 Å². The van der Waals surface area contributed by atoms with Crippen molar-refractivity contribution in [2.24, 2.45) is 0 Å². The number of anilines is 3. The Hall–Kier alpha value is -9.00. The Morgan fingerprint density at radius 3 is 1.24 bits per heavy atom. The number of rotatable bonds is 15. The van der Waals surface area contributed by atoms with Gasteiger partial charge < -0.3 is 39.1 Å². The Kier molecular flexibility index (Phi) is 24.4. The standard InChI is InChI=1S/C21H21N5O3.C21H23N5O.C19H16N4O4.CH4.2Na.O4S2/c1-4-22-21-23-20-17(25(21)12-15-8-6-5-7-9-15)10-16(11-18(20)26(27)28)19-13(2)24-29-14(19)3;1-4-23-21-24-20-17(22)10-16(19-13(2)25-27-14(19)3)11-18(20)26(21)12-15-8-6-5-7-9-15;1-11-17(12(2)27-21-11)14-8-15-18(16(9-14)23(25)26)20-19(24)22(15)10-13-6-4-3-5-7-13;;;;1-5(2)6(3)4/h5-11H,4,12H2,1-3H3,(H,22,23);5-11H,4,12,22H2,1-3H3,(H,23,24);3-9H,10H2,1-2H3,(H,20,24);1H4;;;. The maximum atomic E-state index is 12.5. The summed E-state index contributed by atoms with van der Waals surface area (Å²) in [7, 11) is -5.90. The van der Waals surface area contributed by atoms with Gasteiger partial charge in [0.25, 0.3) is 11.4 Å². The Balaban J connectivity index is 0.000000184. The molecule has 0 saturated carbocycles. The summed E-state index contributed by atoms with van der Waals surface area (Å²) in [5.74, 6) is 3.39. The Labute approximate surface area is 558 Å². The van der Waals surface area contributed by atoms with Gasteiger partial charge in [0.1, 0.15) is 28.3 Å². The quantitative estimate of drug-likeness (QED) is 0.0320. The molecule has 0 radical (unpaired) electrons. The molecule has 0 saturated heterocycles. The van der Waals surface area contributed by atoms with E-state index in [0.717, 1.165) is 62.8 Å². The monoisotopic (exact) mass is 1310 g/mol. The number of hydrogen-bond donors (Lipinski definition) is 4. The number of nitrogens with one attached hydrogen (secondary N) is 3. The van der Waals surface area contributed by atoms with Crippen molar-refractivity contribution in [2.75, 3.05) is 29.5 Å². The van der Waals surface area contributed by atoms with Crippen LogP contribution in [-0.2, 0) is 38.2 Å². The summed E-state index contributed by atoms with van der Waals surface area (Å²) in [6.07, 6.45) is 0. The molecule has 5 N–H and O–H groups in total. The molecule has 0 fully saturated rings. The second kappa shape index (κ2) is 31.8. The summed E-state index contributed by atoms with van der Waals surface area (Å²) in [6.45, 7) is 18.0. The molecule has 12 rings (SSSR count). The second-order valence-electron chi connectivity index (χ2n) is 20.3. The first-order valence-electron chi connectivity index (χ1n) is 28.6. The fraction of sp³-hybridized carbons (Fsp3) is 0.226. The van der Waals surface area contributed by atoms with Gasteiger partial charge in [-0.05, 0) is 113 Å². The molecule has 12 aromatic rings. The molecule has 0 bridgehead atoms. The van der Waals surface area contributed by atoms with Crippen molar-refractivity contribution in [3.05, 3.63) is 209 Å². The number of nitro benzene ring substituents is 2. The predicted octanol–water partition coefficient (Wildman–Crippen LogP) is 11.2. The van der Waals surface area contributed by atoms with Crippen LogP contribution in [0.2, 0.25) is 0 Å². The van der Waals surface area contributed by atoms with Crippen molar-refractivity contribution < 1.29 is 40.3 Å². The van der Waals surface area contributed by atoms with E-state index in [1.165, 1.54) is 59.8 Å². The van der Waals surface area contributed by atoms with Gasteiger partial charge in [-0.3, -0.25) is 29.8 Å². The van der Waals surface area contributed by atoms with Gasteiger partial charge >= 0.3 is 67.8 Å². The first-order valence-corrected chi connectivity index (χ1v) is 39.3. The number of aromatic nitrogens is 9. The van der Waals surface area contributed by atoms with Crippen LogP contribution >= 0.6 is 0 Å². The summed E-state index contributed by atoms with van der Waals surface area (Å²) in [4.78, 5) is 47.0. The molecule has 6 aromatic carbocycles. The number of imidazole rings is 3. The van der Waals surface area contributed by atoms with Crippen molar-refractivity contribution in [2.45, 2.75) is 82.5 Å². The zero-order valence-electron chi connectivity index (χ0n) is 51.4. The number of aromatic amines is 1. The molecule has 0 aliphatic heterocycles. The molecule has 0 aliphatic carbocycles. The van der Waals surface area contributed by atoms with Gasteiger partial charge in [0.05, 0.1) is 68.8 Å². The van der Waals surface area contributed by atoms with E-state index in [-0.39, 0.29) is 29.2 Å². The van der Waals surface area contributed by atoms with Crippen LogP contribution in [0.1, 0.15) is 72.3 Å². The SMILES string of the molecule is C.CCNc1nc2c(N)cc(-c3c(C)noc3C)cc2n1Cc1ccccc1.CCNc1nc2c([N+](=O)[O-])cc(-c3c(C)noc3C)cc2n1Cc1ccccc1.Cc1noc(C)c1-c1cc([N+](=O)[O-])c2[nH]c(=O)n(Cc3ccccc3)c2c1.O=S(=O)=S(=O)=O.[Na][Na]. The van der Waals surface area contributed by atoms with Crippen LogP contribution in [-0.4, -0.2) is 128 Å². The van der Waals surface area contributed by atoms with Crippen LogP contribution in [0.5, 0.6) is 0 Å². The van der Waals surface area contributed by atoms with Gasteiger partial charge in [0, 0.05) is 41.9 Å². The van der Waals surface area contributed by atoms with E-state index in [1.807, 2.05) is 123 Å². The molecule has 0 amide bonds. The van der Waals surface area contributed by atoms with E-state index in [2.05, 4.69) is 65.8 Å². The summed E-state index contributed by atoms with van der Waals surface area (Å²) in [5, 5.41) is 42.0. The average Bonchev–Trinajstić information content (AvgIpc) is 1.61. The van der Waals surface area contributed by atoms with E-state index < -0.39 is 29.1 Å². The predicted molar refractivity (Wildman–Crippen MR) is 356 cm³/mol. The second-order valence-corrected chi connectivity index (χ2v) is 22.7. The first kappa shape index (κ1) is 70.5. The van der Waals surface area contributed by atoms with Crippen LogP contribution in [0.4, 0.5) is 29.0 Å². The van der Waals surface area contributed by atoms with Crippen molar-refractivity contribution in [1.82, 2.24) is 44.1 Å². The summed E-state index contributed by atoms with van der Waals surface area (Å²) < 4.78 is 57.8. The minimum atomic E-state index is -2.95. The molecule has 0 spiro atoms. The number of fused-ring (bicyclic) bond motifs is 3. The number of nitrogens with zero attached hydrogens (tertiary/aromatic N) is 10. The van der Waals surface area contributed by atoms with Crippen LogP contribution in [0.3, 0.4) is 0 Å². The van der Waals surface area contributed by atoms with Gasteiger partial charge in [-0.25, -0.2) is 14.8 Å². The third-order valence-electron chi connectivity index (χ3n) is 14.3. The normalized spacial score (nSPS) is 10.7. The molecule has 0 unspecified atom stereocenters. The van der Waals surface area contributed by atoms with Crippen LogP contribution in [0.25, 0.3) is 66.5 Å². The topological polar surface area (TPSA) is 356 Å². The zero-order valence-corrected chi connectivity index (χ0v) is 57.1. The van der Waals surface area contributed by atoms with Crippen LogP contribution in [0.15, 0.2) is 146 Å². The molecule has 0 atom stereocenters. The molecule has 0 aliphatic rings. The van der Waals surface area contributed by atoms with Gasteiger partial charge in [-0.15, -0.1) is 0 Å². The van der Waals surface area contributed by atoms with E-state index >= 15 is 0 Å². The zero-order chi connectivity index (χ0) is 65.8. The van der Waals surface area contributed by atoms with E-state index in [0.29, 0.717) is 94.0 Å². The Bertz CT molecular complexity index is 4840. The Morgan fingerprint density at radius 2 is 0.880 bits per heavy atom. The molecular formula is C62H64N14Na2O12S2. The van der Waals surface area contributed by atoms with Crippen molar-refractivity contribution in [1.29, 1.82) is 0 Å². The number of nitrogen functional groups attached to an aromatic ring is 1. The van der Waals surface area contributed by atoms with Crippen molar-refractivity contribution in [3.8, 4) is 33.4 Å². The molecular weight excluding hydrogens is 1240 g/mol.